The number of cyclic esters (lactones) is 1. The molecule has 0 aliphatic carbocycles. The first-order valence-corrected chi connectivity index (χ1v) is 12.1. The van der Waals surface area contributed by atoms with Gasteiger partial charge in [-0.15, -0.1) is 0 Å². The lowest BCUT2D eigenvalue weighted by atomic mass is 10.1. The largest absolute Gasteiger partial charge is 0.442 e. The standard InChI is InChI=1S/C26H30FN5O5/c1-17-3-5-19(6-4-17)25(35)29-15-24(34)31-11-9-30(10-12-31)23-8-7-20(13-22(23)27)32-16-21(37-26(32)36)14-28-18(2)33/h3-8,13,21H,9-12,14-16H2,1-2H3,(H,28,33)(H,29,35)/t21-/m0/s1. The van der Waals surface area contributed by atoms with Crippen molar-refractivity contribution in [2.75, 3.05) is 55.6 Å². The highest BCUT2D eigenvalue weighted by atomic mass is 19.1. The van der Waals surface area contributed by atoms with Gasteiger partial charge in [0.1, 0.15) is 11.9 Å². The molecule has 2 aromatic carbocycles. The SMILES string of the molecule is CC(=O)NC[C@H]1CN(c2ccc(N3CCN(C(=O)CNC(=O)c4ccc(C)cc4)CC3)c(F)c2)C(=O)O1. The number of carbonyl (C=O) groups is 4. The molecule has 2 N–H and O–H groups in total. The van der Waals surface area contributed by atoms with Gasteiger partial charge < -0.3 is 25.2 Å². The normalized spacial score (nSPS) is 17.4. The van der Waals surface area contributed by atoms with E-state index in [4.69, 9.17) is 4.74 Å². The second-order valence-corrected chi connectivity index (χ2v) is 9.11. The Kier molecular flexibility index (Phi) is 7.90. The van der Waals surface area contributed by atoms with E-state index in [0.29, 0.717) is 43.1 Å². The third kappa shape index (κ3) is 6.35. The molecule has 2 aliphatic rings. The first-order chi connectivity index (χ1) is 17.7. The average Bonchev–Trinajstić information content (AvgIpc) is 3.26. The maximum Gasteiger partial charge on any atom is 0.414 e. The van der Waals surface area contributed by atoms with Crippen LogP contribution in [0.15, 0.2) is 42.5 Å². The number of carbonyl (C=O) groups excluding carboxylic acids is 4. The minimum Gasteiger partial charge on any atom is -0.442 e. The molecule has 0 bridgehead atoms. The van der Waals surface area contributed by atoms with Gasteiger partial charge in [0.25, 0.3) is 5.91 Å². The molecule has 2 saturated heterocycles. The summed E-state index contributed by atoms with van der Waals surface area (Å²) in [5.74, 6) is -1.21. The third-order valence-electron chi connectivity index (χ3n) is 6.38. The molecule has 4 amide bonds. The molecule has 2 fully saturated rings. The van der Waals surface area contributed by atoms with Crippen LogP contribution < -0.4 is 20.4 Å². The lowest BCUT2D eigenvalue weighted by Crippen LogP contribution is -2.51. The van der Waals surface area contributed by atoms with Gasteiger partial charge in [-0.2, -0.15) is 0 Å². The van der Waals surface area contributed by atoms with E-state index in [2.05, 4.69) is 10.6 Å². The van der Waals surface area contributed by atoms with Gasteiger partial charge in [-0.3, -0.25) is 19.3 Å². The fourth-order valence-electron chi connectivity index (χ4n) is 4.29. The van der Waals surface area contributed by atoms with Gasteiger partial charge in [0.15, 0.2) is 0 Å². The van der Waals surface area contributed by atoms with Crippen molar-refractivity contribution in [1.29, 1.82) is 0 Å². The smallest absolute Gasteiger partial charge is 0.414 e. The van der Waals surface area contributed by atoms with Crippen LogP contribution in [0.4, 0.5) is 20.6 Å². The molecule has 1 atom stereocenters. The predicted octanol–water partition coefficient (Wildman–Crippen LogP) is 1.67. The van der Waals surface area contributed by atoms with Gasteiger partial charge in [-0.25, -0.2) is 9.18 Å². The van der Waals surface area contributed by atoms with Crippen LogP contribution in [0.2, 0.25) is 0 Å². The lowest BCUT2D eigenvalue weighted by molar-refractivity contribution is -0.130. The van der Waals surface area contributed by atoms with Gasteiger partial charge in [-0.1, -0.05) is 17.7 Å². The van der Waals surface area contributed by atoms with Crippen LogP contribution in [0.1, 0.15) is 22.8 Å². The number of ether oxygens (including phenoxy) is 1. The van der Waals surface area contributed by atoms with E-state index in [9.17, 15) is 19.2 Å². The van der Waals surface area contributed by atoms with Gasteiger partial charge in [0.2, 0.25) is 11.8 Å². The maximum absolute atomic E-state index is 15.0. The summed E-state index contributed by atoms with van der Waals surface area (Å²) in [5.41, 5.74) is 2.29. The van der Waals surface area contributed by atoms with E-state index in [1.807, 2.05) is 24.0 Å². The Bertz CT molecular complexity index is 1180. The number of halogens is 1. The zero-order valence-electron chi connectivity index (χ0n) is 20.8. The topological polar surface area (TPSA) is 111 Å². The molecule has 196 valence electrons. The van der Waals surface area contributed by atoms with Crippen LogP contribution in [0, 0.1) is 12.7 Å². The van der Waals surface area contributed by atoms with Crippen molar-refractivity contribution in [2.45, 2.75) is 20.0 Å². The zero-order chi connectivity index (χ0) is 26.5. The molecule has 0 unspecified atom stereocenters. The Morgan fingerprint density at radius 3 is 2.38 bits per heavy atom. The molecule has 10 nitrogen and oxygen atoms in total. The molecule has 37 heavy (non-hydrogen) atoms. The van der Waals surface area contributed by atoms with E-state index in [1.165, 1.54) is 17.9 Å². The van der Waals surface area contributed by atoms with Crippen LogP contribution in [0.5, 0.6) is 0 Å². The summed E-state index contributed by atoms with van der Waals surface area (Å²) in [7, 11) is 0. The molecular weight excluding hydrogens is 481 g/mol. The highest BCUT2D eigenvalue weighted by Gasteiger charge is 2.33. The first kappa shape index (κ1) is 25.9. The van der Waals surface area contributed by atoms with E-state index < -0.39 is 18.0 Å². The number of nitrogens with one attached hydrogen (secondary N) is 2. The Labute approximate surface area is 214 Å². The predicted molar refractivity (Wildman–Crippen MR) is 135 cm³/mol. The van der Waals surface area contributed by atoms with Crippen LogP contribution >= 0.6 is 0 Å². The summed E-state index contributed by atoms with van der Waals surface area (Å²) in [6.07, 6.45) is -1.10. The molecule has 2 heterocycles. The first-order valence-electron chi connectivity index (χ1n) is 12.1. The number of benzene rings is 2. The van der Waals surface area contributed by atoms with Crippen molar-refractivity contribution < 1.29 is 28.3 Å². The fraction of sp³-hybridized carbons (Fsp3) is 0.385. The van der Waals surface area contributed by atoms with E-state index in [-0.39, 0.29) is 37.4 Å². The average molecular weight is 512 g/mol. The van der Waals surface area contributed by atoms with Crippen molar-refractivity contribution in [2.24, 2.45) is 0 Å². The minimum absolute atomic E-state index is 0.107. The van der Waals surface area contributed by atoms with Crippen molar-refractivity contribution in [3.8, 4) is 0 Å². The number of amides is 4. The van der Waals surface area contributed by atoms with Gasteiger partial charge >= 0.3 is 6.09 Å². The Hall–Kier alpha value is -4.15. The van der Waals surface area contributed by atoms with Crippen LogP contribution in [-0.2, 0) is 14.3 Å². The van der Waals surface area contributed by atoms with Crippen molar-refractivity contribution in [1.82, 2.24) is 15.5 Å². The number of hydrogen-bond acceptors (Lipinski definition) is 6. The number of hydrogen-bond donors (Lipinski definition) is 2. The number of rotatable bonds is 7. The Balaban J connectivity index is 1.28. The second-order valence-electron chi connectivity index (χ2n) is 9.11. The molecular formula is C26H30FN5O5. The van der Waals surface area contributed by atoms with Crippen molar-refractivity contribution >= 4 is 35.2 Å². The highest BCUT2D eigenvalue weighted by Crippen LogP contribution is 2.28. The van der Waals surface area contributed by atoms with Gasteiger partial charge in [0.05, 0.1) is 31.0 Å². The van der Waals surface area contributed by atoms with E-state index >= 15 is 4.39 Å². The van der Waals surface area contributed by atoms with E-state index in [1.54, 1.807) is 29.2 Å². The molecule has 0 aromatic heterocycles. The second kappa shape index (κ2) is 11.3. The summed E-state index contributed by atoms with van der Waals surface area (Å²) in [6.45, 7) is 5.24. The van der Waals surface area contributed by atoms with Crippen molar-refractivity contribution in [3.05, 3.63) is 59.4 Å². The molecule has 11 heteroatoms. The molecule has 0 spiro atoms. The van der Waals surface area contributed by atoms with Crippen LogP contribution in [-0.4, -0.2) is 80.6 Å². The lowest BCUT2D eigenvalue weighted by Gasteiger charge is -2.36. The molecule has 2 aromatic rings. The number of aryl methyl sites for hydroxylation is 1. The summed E-state index contributed by atoms with van der Waals surface area (Å²) in [4.78, 5) is 53.0. The number of nitrogens with zero attached hydrogens (tertiary/aromatic N) is 3. The Morgan fingerprint density at radius 2 is 1.73 bits per heavy atom. The Morgan fingerprint density at radius 1 is 1.03 bits per heavy atom. The van der Waals surface area contributed by atoms with Gasteiger partial charge in [0, 0.05) is 38.7 Å². The number of anilines is 2. The molecule has 0 saturated carbocycles. The van der Waals surface area contributed by atoms with E-state index in [0.717, 1.165) is 5.56 Å². The van der Waals surface area contributed by atoms with Crippen LogP contribution in [0.3, 0.4) is 0 Å². The van der Waals surface area contributed by atoms with Crippen molar-refractivity contribution in [3.63, 3.8) is 0 Å². The van der Waals surface area contributed by atoms with Crippen LogP contribution in [0.25, 0.3) is 0 Å². The molecule has 4 rings (SSSR count). The molecule has 2 aliphatic heterocycles. The monoisotopic (exact) mass is 511 g/mol. The molecule has 0 radical (unpaired) electrons. The quantitative estimate of drug-likeness (QED) is 0.585. The minimum atomic E-state index is -0.593. The maximum atomic E-state index is 15.0. The summed E-state index contributed by atoms with van der Waals surface area (Å²) in [6, 6.07) is 11.6. The summed E-state index contributed by atoms with van der Waals surface area (Å²) >= 11 is 0. The number of piperazine rings is 1. The van der Waals surface area contributed by atoms with Gasteiger partial charge in [-0.05, 0) is 37.3 Å². The third-order valence-corrected chi connectivity index (χ3v) is 6.38. The summed E-state index contributed by atoms with van der Waals surface area (Å²) < 4.78 is 20.3. The summed E-state index contributed by atoms with van der Waals surface area (Å²) in [5, 5.41) is 5.26. The highest BCUT2D eigenvalue weighted by molar-refractivity contribution is 5.96. The fourth-order valence-corrected chi connectivity index (χ4v) is 4.29. The zero-order valence-corrected chi connectivity index (χ0v) is 20.8.